The van der Waals surface area contributed by atoms with Crippen molar-refractivity contribution in [2.75, 3.05) is 26.2 Å². The SMILES string of the molecule is CCNC(=NCCc1csc(CC)n1)NCCOc1ccccc1. The summed E-state index contributed by atoms with van der Waals surface area (Å²) < 4.78 is 5.67. The van der Waals surface area contributed by atoms with Crippen LogP contribution in [0.15, 0.2) is 40.7 Å². The number of aryl methyl sites for hydroxylation is 1. The highest BCUT2D eigenvalue weighted by Gasteiger charge is 2.01. The molecule has 0 aliphatic heterocycles. The Hall–Kier alpha value is -2.08. The van der Waals surface area contributed by atoms with E-state index in [0.29, 0.717) is 13.2 Å². The maximum absolute atomic E-state index is 5.67. The lowest BCUT2D eigenvalue weighted by molar-refractivity contribution is 0.322. The smallest absolute Gasteiger partial charge is 0.191 e. The first-order chi connectivity index (χ1) is 11.8. The quantitative estimate of drug-likeness (QED) is 0.416. The van der Waals surface area contributed by atoms with Crippen molar-refractivity contribution in [2.24, 2.45) is 4.99 Å². The van der Waals surface area contributed by atoms with E-state index in [9.17, 15) is 0 Å². The van der Waals surface area contributed by atoms with Gasteiger partial charge in [-0.1, -0.05) is 25.1 Å². The lowest BCUT2D eigenvalue weighted by Crippen LogP contribution is -2.39. The molecule has 130 valence electrons. The lowest BCUT2D eigenvalue weighted by atomic mass is 10.3. The third kappa shape index (κ3) is 6.58. The van der Waals surface area contributed by atoms with Crippen molar-refractivity contribution in [1.29, 1.82) is 0 Å². The average molecular weight is 346 g/mol. The van der Waals surface area contributed by atoms with Gasteiger partial charge in [-0.05, 0) is 25.5 Å². The van der Waals surface area contributed by atoms with Crippen molar-refractivity contribution < 1.29 is 4.74 Å². The summed E-state index contributed by atoms with van der Waals surface area (Å²) in [6, 6.07) is 9.83. The van der Waals surface area contributed by atoms with Crippen LogP contribution in [0.3, 0.4) is 0 Å². The molecule has 0 amide bonds. The fourth-order valence-corrected chi connectivity index (χ4v) is 2.88. The van der Waals surface area contributed by atoms with E-state index in [1.807, 2.05) is 30.3 Å². The molecule has 0 saturated carbocycles. The number of hydrogen-bond acceptors (Lipinski definition) is 4. The number of aliphatic imine (C=N–C) groups is 1. The van der Waals surface area contributed by atoms with Crippen LogP contribution in [0, 0.1) is 0 Å². The molecule has 0 saturated heterocycles. The molecule has 0 atom stereocenters. The molecular weight excluding hydrogens is 320 g/mol. The van der Waals surface area contributed by atoms with E-state index in [-0.39, 0.29) is 0 Å². The zero-order chi connectivity index (χ0) is 17.0. The molecule has 2 aromatic rings. The Morgan fingerprint density at radius 3 is 2.75 bits per heavy atom. The molecule has 24 heavy (non-hydrogen) atoms. The number of thiazole rings is 1. The van der Waals surface area contributed by atoms with Crippen LogP contribution in [0.5, 0.6) is 5.75 Å². The maximum atomic E-state index is 5.67. The van der Waals surface area contributed by atoms with Gasteiger partial charge in [0.2, 0.25) is 0 Å². The van der Waals surface area contributed by atoms with Gasteiger partial charge in [0.15, 0.2) is 5.96 Å². The number of para-hydroxylation sites is 1. The van der Waals surface area contributed by atoms with E-state index in [1.54, 1.807) is 11.3 Å². The number of aromatic nitrogens is 1. The van der Waals surface area contributed by atoms with Crippen LogP contribution < -0.4 is 15.4 Å². The van der Waals surface area contributed by atoms with Crippen LogP contribution in [0.2, 0.25) is 0 Å². The molecule has 0 aliphatic rings. The molecule has 0 spiro atoms. The van der Waals surface area contributed by atoms with Gasteiger partial charge in [-0.15, -0.1) is 11.3 Å². The predicted molar refractivity (Wildman–Crippen MR) is 101 cm³/mol. The highest BCUT2D eigenvalue weighted by molar-refractivity contribution is 7.09. The summed E-state index contributed by atoms with van der Waals surface area (Å²) in [4.78, 5) is 9.16. The van der Waals surface area contributed by atoms with Gasteiger partial charge in [-0.25, -0.2) is 4.98 Å². The van der Waals surface area contributed by atoms with Crippen molar-refractivity contribution in [2.45, 2.75) is 26.7 Å². The van der Waals surface area contributed by atoms with E-state index in [0.717, 1.165) is 43.3 Å². The van der Waals surface area contributed by atoms with Crippen molar-refractivity contribution in [3.63, 3.8) is 0 Å². The number of nitrogens with one attached hydrogen (secondary N) is 2. The van der Waals surface area contributed by atoms with Gasteiger partial charge in [0.05, 0.1) is 17.2 Å². The fraction of sp³-hybridized carbons (Fsp3) is 0.444. The van der Waals surface area contributed by atoms with E-state index >= 15 is 0 Å². The standard InChI is InChI=1S/C18H26N4OS/c1-3-17-22-15(14-24-17)10-11-20-18(19-4-2)21-12-13-23-16-8-6-5-7-9-16/h5-9,14H,3-4,10-13H2,1-2H3,(H2,19,20,21). The van der Waals surface area contributed by atoms with E-state index < -0.39 is 0 Å². The average Bonchev–Trinajstić information content (AvgIpc) is 3.07. The molecule has 0 bridgehead atoms. The zero-order valence-electron chi connectivity index (χ0n) is 14.4. The minimum atomic E-state index is 0.598. The van der Waals surface area contributed by atoms with Gasteiger partial charge >= 0.3 is 0 Å². The normalized spacial score (nSPS) is 11.3. The molecular formula is C18H26N4OS. The lowest BCUT2D eigenvalue weighted by Gasteiger charge is -2.12. The monoisotopic (exact) mass is 346 g/mol. The minimum Gasteiger partial charge on any atom is -0.492 e. The molecule has 0 unspecified atom stereocenters. The van der Waals surface area contributed by atoms with Gasteiger partial charge in [0.1, 0.15) is 12.4 Å². The first-order valence-corrected chi connectivity index (χ1v) is 9.33. The summed E-state index contributed by atoms with van der Waals surface area (Å²) >= 11 is 1.73. The van der Waals surface area contributed by atoms with Gasteiger partial charge in [0, 0.05) is 24.9 Å². The molecule has 0 radical (unpaired) electrons. The molecule has 6 heteroatoms. The number of nitrogens with zero attached hydrogens (tertiary/aromatic N) is 2. The highest BCUT2D eigenvalue weighted by Crippen LogP contribution is 2.10. The summed E-state index contributed by atoms with van der Waals surface area (Å²) in [7, 11) is 0. The molecule has 5 nitrogen and oxygen atoms in total. The Balaban J connectivity index is 1.71. The maximum Gasteiger partial charge on any atom is 0.191 e. The molecule has 2 N–H and O–H groups in total. The third-order valence-electron chi connectivity index (χ3n) is 3.29. The van der Waals surface area contributed by atoms with Crippen molar-refractivity contribution in [3.8, 4) is 5.75 Å². The van der Waals surface area contributed by atoms with E-state index in [4.69, 9.17) is 4.74 Å². The highest BCUT2D eigenvalue weighted by atomic mass is 32.1. The molecule has 1 heterocycles. The van der Waals surface area contributed by atoms with Crippen LogP contribution in [0.4, 0.5) is 0 Å². The van der Waals surface area contributed by atoms with Gasteiger partial charge in [0.25, 0.3) is 0 Å². The second-order valence-electron chi connectivity index (χ2n) is 5.19. The van der Waals surface area contributed by atoms with Crippen LogP contribution in [0.1, 0.15) is 24.5 Å². The Morgan fingerprint density at radius 2 is 2.04 bits per heavy atom. The topological polar surface area (TPSA) is 58.5 Å². The van der Waals surface area contributed by atoms with Crippen LogP contribution in [0.25, 0.3) is 0 Å². The van der Waals surface area contributed by atoms with Crippen molar-refractivity contribution in [3.05, 3.63) is 46.4 Å². The second-order valence-corrected chi connectivity index (χ2v) is 6.13. The van der Waals surface area contributed by atoms with Crippen LogP contribution in [-0.4, -0.2) is 37.2 Å². The fourth-order valence-electron chi connectivity index (χ4n) is 2.11. The molecule has 2 rings (SSSR count). The largest absolute Gasteiger partial charge is 0.492 e. The Morgan fingerprint density at radius 1 is 1.21 bits per heavy atom. The predicted octanol–water partition coefficient (Wildman–Crippen LogP) is 2.88. The number of rotatable bonds is 9. The summed E-state index contributed by atoms with van der Waals surface area (Å²) in [5.74, 6) is 1.71. The Kier molecular flexibility index (Phi) is 8.10. The van der Waals surface area contributed by atoms with Gasteiger partial charge < -0.3 is 15.4 Å². The van der Waals surface area contributed by atoms with E-state index in [2.05, 4.69) is 39.8 Å². The number of ether oxygens (including phenoxy) is 1. The van der Waals surface area contributed by atoms with Gasteiger partial charge in [-0.2, -0.15) is 0 Å². The molecule has 1 aromatic heterocycles. The third-order valence-corrected chi connectivity index (χ3v) is 4.33. The number of benzene rings is 1. The number of guanidine groups is 1. The van der Waals surface area contributed by atoms with Crippen LogP contribution >= 0.6 is 11.3 Å². The first kappa shape index (κ1) is 18.3. The number of hydrogen-bond donors (Lipinski definition) is 2. The second kappa shape index (κ2) is 10.6. The summed E-state index contributed by atoms with van der Waals surface area (Å²) in [5, 5.41) is 9.86. The zero-order valence-corrected chi connectivity index (χ0v) is 15.2. The summed E-state index contributed by atoms with van der Waals surface area (Å²) in [6.07, 6.45) is 1.87. The Bertz CT molecular complexity index is 612. The summed E-state index contributed by atoms with van der Waals surface area (Å²) in [6.45, 7) is 7.05. The molecule has 1 aromatic carbocycles. The Labute approximate surface area is 148 Å². The minimum absolute atomic E-state index is 0.598. The summed E-state index contributed by atoms with van der Waals surface area (Å²) in [5.41, 5.74) is 1.13. The first-order valence-electron chi connectivity index (χ1n) is 8.45. The molecule has 0 fully saturated rings. The van der Waals surface area contributed by atoms with Crippen molar-refractivity contribution >= 4 is 17.3 Å². The van der Waals surface area contributed by atoms with Crippen molar-refractivity contribution in [1.82, 2.24) is 15.6 Å². The van der Waals surface area contributed by atoms with E-state index in [1.165, 1.54) is 5.01 Å². The molecule has 0 aliphatic carbocycles. The van der Waals surface area contributed by atoms with Crippen LogP contribution in [-0.2, 0) is 12.8 Å². The van der Waals surface area contributed by atoms with Gasteiger partial charge in [-0.3, -0.25) is 4.99 Å².